The van der Waals surface area contributed by atoms with Crippen LogP contribution in [0, 0.1) is 10.1 Å². The van der Waals surface area contributed by atoms with Crippen LogP contribution < -0.4 is 15.4 Å². The summed E-state index contributed by atoms with van der Waals surface area (Å²) in [6, 6.07) is 5.56. The SMILES string of the molecule is CCCNC(=O)NCCOc1ccc([N+](=O)[O-])cc1. The van der Waals surface area contributed by atoms with Crippen molar-refractivity contribution >= 4 is 11.7 Å². The molecule has 0 fully saturated rings. The molecule has 0 unspecified atom stereocenters. The molecular formula is C12H17N3O4. The average molecular weight is 267 g/mol. The molecule has 0 aromatic heterocycles. The van der Waals surface area contributed by atoms with Crippen molar-refractivity contribution in [1.82, 2.24) is 10.6 Å². The zero-order valence-electron chi connectivity index (χ0n) is 10.7. The predicted octanol–water partition coefficient (Wildman–Crippen LogP) is 1.68. The number of ether oxygens (including phenoxy) is 1. The summed E-state index contributed by atoms with van der Waals surface area (Å²) < 4.78 is 5.33. The summed E-state index contributed by atoms with van der Waals surface area (Å²) in [5.74, 6) is 0.529. The molecule has 0 heterocycles. The third-order valence-electron chi connectivity index (χ3n) is 2.24. The molecule has 2 amide bonds. The van der Waals surface area contributed by atoms with E-state index in [-0.39, 0.29) is 11.7 Å². The number of nitro groups is 1. The molecule has 7 heteroatoms. The first-order valence-corrected chi connectivity index (χ1v) is 6.02. The smallest absolute Gasteiger partial charge is 0.314 e. The van der Waals surface area contributed by atoms with Crippen LogP contribution in [0.5, 0.6) is 5.75 Å². The number of non-ortho nitro benzene ring substituents is 1. The Balaban J connectivity index is 2.22. The molecule has 19 heavy (non-hydrogen) atoms. The average Bonchev–Trinajstić information content (AvgIpc) is 2.41. The molecule has 0 spiro atoms. The van der Waals surface area contributed by atoms with E-state index in [1.807, 2.05) is 6.92 Å². The van der Waals surface area contributed by atoms with Gasteiger partial charge in [-0.1, -0.05) is 6.92 Å². The van der Waals surface area contributed by atoms with Crippen LogP contribution in [0.2, 0.25) is 0 Å². The van der Waals surface area contributed by atoms with Gasteiger partial charge in [0.15, 0.2) is 0 Å². The quantitative estimate of drug-likeness (QED) is 0.446. The van der Waals surface area contributed by atoms with Crippen molar-refractivity contribution in [3.63, 3.8) is 0 Å². The van der Waals surface area contributed by atoms with Gasteiger partial charge in [0.05, 0.1) is 11.5 Å². The normalized spacial score (nSPS) is 9.74. The van der Waals surface area contributed by atoms with Gasteiger partial charge in [-0.05, 0) is 18.6 Å². The number of carbonyl (C=O) groups excluding carboxylic acids is 1. The monoisotopic (exact) mass is 267 g/mol. The molecule has 2 N–H and O–H groups in total. The molecule has 0 atom stereocenters. The van der Waals surface area contributed by atoms with Crippen molar-refractivity contribution in [3.05, 3.63) is 34.4 Å². The van der Waals surface area contributed by atoms with Gasteiger partial charge in [-0.15, -0.1) is 0 Å². The van der Waals surface area contributed by atoms with Crippen molar-refractivity contribution in [3.8, 4) is 5.75 Å². The number of urea groups is 1. The van der Waals surface area contributed by atoms with E-state index in [0.29, 0.717) is 25.4 Å². The first-order chi connectivity index (χ1) is 9.13. The van der Waals surface area contributed by atoms with Crippen molar-refractivity contribution in [2.45, 2.75) is 13.3 Å². The highest BCUT2D eigenvalue weighted by atomic mass is 16.6. The minimum Gasteiger partial charge on any atom is -0.492 e. The molecule has 7 nitrogen and oxygen atoms in total. The number of amides is 2. The van der Waals surface area contributed by atoms with Crippen LogP contribution in [0.1, 0.15) is 13.3 Å². The number of benzene rings is 1. The van der Waals surface area contributed by atoms with E-state index in [1.54, 1.807) is 0 Å². The van der Waals surface area contributed by atoms with Crippen LogP contribution in [-0.2, 0) is 0 Å². The lowest BCUT2D eigenvalue weighted by molar-refractivity contribution is -0.384. The van der Waals surface area contributed by atoms with E-state index >= 15 is 0 Å². The lowest BCUT2D eigenvalue weighted by Crippen LogP contribution is -2.37. The molecule has 0 saturated heterocycles. The minimum atomic E-state index is -0.469. The number of nitro benzene ring substituents is 1. The number of nitrogens with zero attached hydrogens (tertiary/aromatic N) is 1. The second kappa shape index (κ2) is 7.91. The molecule has 1 rings (SSSR count). The standard InChI is InChI=1S/C12H17N3O4/c1-2-7-13-12(16)14-8-9-19-11-5-3-10(4-6-11)15(17)18/h3-6H,2,7-9H2,1H3,(H2,13,14,16). The maximum atomic E-state index is 11.2. The second-order valence-corrected chi connectivity index (χ2v) is 3.78. The zero-order chi connectivity index (χ0) is 14.1. The Bertz CT molecular complexity index is 419. The van der Waals surface area contributed by atoms with E-state index in [2.05, 4.69) is 10.6 Å². The van der Waals surface area contributed by atoms with Gasteiger partial charge in [-0.2, -0.15) is 0 Å². The van der Waals surface area contributed by atoms with E-state index in [4.69, 9.17) is 4.74 Å². The molecule has 1 aromatic rings. The molecule has 0 radical (unpaired) electrons. The molecule has 0 saturated carbocycles. The molecule has 1 aromatic carbocycles. The zero-order valence-corrected chi connectivity index (χ0v) is 10.7. The molecule has 104 valence electrons. The Morgan fingerprint density at radius 3 is 2.47 bits per heavy atom. The van der Waals surface area contributed by atoms with Gasteiger partial charge in [0.2, 0.25) is 0 Å². The summed E-state index contributed by atoms with van der Waals surface area (Å²) in [6.07, 6.45) is 0.882. The summed E-state index contributed by atoms with van der Waals surface area (Å²) in [6.45, 7) is 3.27. The highest BCUT2D eigenvalue weighted by Gasteiger charge is 2.04. The van der Waals surface area contributed by atoms with Gasteiger partial charge in [0, 0.05) is 18.7 Å². The summed E-state index contributed by atoms with van der Waals surface area (Å²) in [7, 11) is 0. The Morgan fingerprint density at radius 1 is 1.26 bits per heavy atom. The summed E-state index contributed by atoms with van der Waals surface area (Å²) in [4.78, 5) is 21.2. The molecular weight excluding hydrogens is 250 g/mol. The lowest BCUT2D eigenvalue weighted by atomic mass is 10.3. The largest absolute Gasteiger partial charge is 0.492 e. The van der Waals surface area contributed by atoms with Crippen LogP contribution in [-0.4, -0.2) is 30.7 Å². The number of hydrogen-bond acceptors (Lipinski definition) is 4. The van der Waals surface area contributed by atoms with E-state index in [0.717, 1.165) is 6.42 Å². The first kappa shape index (κ1) is 14.7. The molecule has 0 bridgehead atoms. The van der Waals surface area contributed by atoms with Gasteiger partial charge in [-0.3, -0.25) is 10.1 Å². The molecule has 0 aliphatic heterocycles. The number of rotatable bonds is 7. The van der Waals surface area contributed by atoms with Crippen molar-refractivity contribution in [2.75, 3.05) is 19.7 Å². The van der Waals surface area contributed by atoms with E-state index < -0.39 is 4.92 Å². The Kier molecular flexibility index (Phi) is 6.14. The van der Waals surface area contributed by atoms with Crippen LogP contribution in [0.25, 0.3) is 0 Å². The van der Waals surface area contributed by atoms with Crippen LogP contribution in [0.15, 0.2) is 24.3 Å². The Labute approximate surface area is 111 Å². The van der Waals surface area contributed by atoms with Crippen LogP contribution in [0.3, 0.4) is 0 Å². The minimum absolute atomic E-state index is 0.0180. The highest BCUT2D eigenvalue weighted by Crippen LogP contribution is 2.16. The second-order valence-electron chi connectivity index (χ2n) is 3.78. The first-order valence-electron chi connectivity index (χ1n) is 6.02. The number of hydrogen-bond donors (Lipinski definition) is 2. The molecule has 0 aliphatic rings. The third kappa shape index (κ3) is 5.71. The van der Waals surface area contributed by atoms with Crippen LogP contribution in [0.4, 0.5) is 10.5 Å². The maximum absolute atomic E-state index is 11.2. The van der Waals surface area contributed by atoms with Gasteiger partial charge in [-0.25, -0.2) is 4.79 Å². The van der Waals surface area contributed by atoms with Crippen molar-refractivity contribution in [2.24, 2.45) is 0 Å². The topological polar surface area (TPSA) is 93.5 Å². The maximum Gasteiger partial charge on any atom is 0.314 e. The number of carbonyl (C=O) groups is 1. The Morgan fingerprint density at radius 2 is 1.89 bits per heavy atom. The fraction of sp³-hybridized carbons (Fsp3) is 0.417. The molecule has 0 aliphatic carbocycles. The van der Waals surface area contributed by atoms with E-state index in [9.17, 15) is 14.9 Å². The van der Waals surface area contributed by atoms with E-state index in [1.165, 1.54) is 24.3 Å². The van der Waals surface area contributed by atoms with Gasteiger partial charge in [0.1, 0.15) is 12.4 Å². The van der Waals surface area contributed by atoms with Gasteiger partial charge >= 0.3 is 6.03 Å². The van der Waals surface area contributed by atoms with Gasteiger partial charge in [0.25, 0.3) is 5.69 Å². The highest BCUT2D eigenvalue weighted by molar-refractivity contribution is 5.73. The van der Waals surface area contributed by atoms with Crippen molar-refractivity contribution < 1.29 is 14.5 Å². The summed E-state index contributed by atoms with van der Waals surface area (Å²) in [5.41, 5.74) is 0.0180. The summed E-state index contributed by atoms with van der Waals surface area (Å²) >= 11 is 0. The fourth-order valence-electron chi connectivity index (χ4n) is 1.30. The Hall–Kier alpha value is -2.31. The van der Waals surface area contributed by atoms with Gasteiger partial charge < -0.3 is 15.4 Å². The number of nitrogens with one attached hydrogen (secondary N) is 2. The predicted molar refractivity (Wildman–Crippen MR) is 70.3 cm³/mol. The van der Waals surface area contributed by atoms with Crippen molar-refractivity contribution in [1.29, 1.82) is 0 Å². The summed E-state index contributed by atoms with van der Waals surface area (Å²) in [5, 5.41) is 15.7. The third-order valence-corrected chi connectivity index (χ3v) is 2.24. The van der Waals surface area contributed by atoms with Crippen LogP contribution >= 0.6 is 0 Å². The fourth-order valence-corrected chi connectivity index (χ4v) is 1.30. The lowest BCUT2D eigenvalue weighted by Gasteiger charge is -2.08.